The lowest BCUT2D eigenvalue weighted by Crippen LogP contribution is -2.04. The molecule has 0 aliphatic rings. The number of nitrogens with one attached hydrogen (secondary N) is 1. The quantitative estimate of drug-likeness (QED) is 0.487. The Balaban J connectivity index is 2.40. The highest BCUT2D eigenvalue weighted by Crippen LogP contribution is 2.27. The first kappa shape index (κ1) is 17.3. The van der Waals surface area contributed by atoms with Crippen LogP contribution in [-0.2, 0) is 0 Å². The third-order valence-electron chi connectivity index (χ3n) is 3.03. The van der Waals surface area contributed by atoms with Crippen molar-refractivity contribution in [2.75, 3.05) is 29.6 Å². The number of nitrogens with zero attached hydrogens (tertiary/aromatic N) is 1. The topological polar surface area (TPSA) is 35.8 Å². The molecule has 0 atom stereocenters. The van der Waals surface area contributed by atoms with Crippen LogP contribution in [0.5, 0.6) is 0 Å². The number of rotatable bonds is 10. The smallest absolute Gasteiger partial charge is 0.102 e. The molecule has 1 aromatic rings. The van der Waals surface area contributed by atoms with E-state index in [1.165, 1.54) is 31.4 Å². The Hall–Kier alpha value is -0.790. The molecule has 0 fully saturated rings. The van der Waals surface area contributed by atoms with Gasteiger partial charge >= 0.3 is 0 Å². The van der Waals surface area contributed by atoms with Gasteiger partial charge in [0.25, 0.3) is 0 Å². The third-order valence-corrected chi connectivity index (χ3v) is 4.67. The van der Waals surface area contributed by atoms with E-state index in [1.807, 2.05) is 30.0 Å². The summed E-state index contributed by atoms with van der Waals surface area (Å²) < 4.78 is 0. The molecule has 0 radical (unpaired) electrons. The van der Waals surface area contributed by atoms with Gasteiger partial charge in [-0.15, -0.1) is 11.8 Å². The lowest BCUT2D eigenvalue weighted by atomic mass is 10.1. The van der Waals surface area contributed by atoms with Crippen LogP contribution in [0.25, 0.3) is 0 Å². The van der Waals surface area contributed by atoms with Gasteiger partial charge in [0.15, 0.2) is 0 Å². The summed E-state index contributed by atoms with van der Waals surface area (Å²) in [6.45, 7) is 3.06. The molecule has 0 bridgehead atoms. The second kappa shape index (κ2) is 10.9. The van der Waals surface area contributed by atoms with Gasteiger partial charge in [0, 0.05) is 11.4 Å². The maximum Gasteiger partial charge on any atom is 0.102 e. The minimum Gasteiger partial charge on any atom is -0.384 e. The molecule has 0 heterocycles. The first-order chi connectivity index (χ1) is 9.83. The molecular formula is C16H24N2S2. The van der Waals surface area contributed by atoms with Crippen LogP contribution in [0.2, 0.25) is 0 Å². The monoisotopic (exact) mass is 308 g/mol. The number of hydrogen-bond acceptors (Lipinski definition) is 4. The lowest BCUT2D eigenvalue weighted by Gasteiger charge is -2.11. The second-order valence-corrected chi connectivity index (χ2v) is 6.85. The first-order valence-electron chi connectivity index (χ1n) is 7.22. The van der Waals surface area contributed by atoms with Crippen molar-refractivity contribution in [1.29, 1.82) is 5.26 Å². The number of unbranched alkanes of at least 4 members (excludes halogenated alkanes) is 3. The van der Waals surface area contributed by atoms with E-state index in [4.69, 9.17) is 0 Å². The molecule has 0 aliphatic carbocycles. The fourth-order valence-corrected chi connectivity index (χ4v) is 3.30. The van der Waals surface area contributed by atoms with Gasteiger partial charge in [-0.1, -0.05) is 25.8 Å². The zero-order chi connectivity index (χ0) is 14.6. The molecule has 0 aromatic heterocycles. The van der Waals surface area contributed by atoms with Gasteiger partial charge in [-0.3, -0.25) is 0 Å². The van der Waals surface area contributed by atoms with Gasteiger partial charge < -0.3 is 5.32 Å². The Labute approximate surface area is 131 Å². The van der Waals surface area contributed by atoms with Gasteiger partial charge in [0.2, 0.25) is 0 Å². The van der Waals surface area contributed by atoms with Crippen LogP contribution in [0.3, 0.4) is 0 Å². The summed E-state index contributed by atoms with van der Waals surface area (Å²) in [5.41, 5.74) is 1.77. The van der Waals surface area contributed by atoms with Crippen LogP contribution >= 0.6 is 23.5 Å². The van der Waals surface area contributed by atoms with Gasteiger partial charge in [-0.05, 0) is 42.7 Å². The summed E-state index contributed by atoms with van der Waals surface area (Å²) in [6.07, 6.45) is 7.21. The van der Waals surface area contributed by atoms with Crippen molar-refractivity contribution in [1.82, 2.24) is 0 Å². The summed E-state index contributed by atoms with van der Waals surface area (Å²) in [5, 5.41) is 12.7. The third kappa shape index (κ3) is 6.11. The van der Waals surface area contributed by atoms with Crippen LogP contribution in [0.4, 0.5) is 5.69 Å². The van der Waals surface area contributed by atoms with Crippen LogP contribution < -0.4 is 5.32 Å². The number of hydrogen-bond donors (Lipinski definition) is 1. The Bertz CT molecular complexity index is 427. The van der Waals surface area contributed by atoms with Crippen molar-refractivity contribution in [3.05, 3.63) is 23.8 Å². The molecule has 0 saturated carbocycles. The van der Waals surface area contributed by atoms with Crippen molar-refractivity contribution in [2.24, 2.45) is 0 Å². The van der Waals surface area contributed by atoms with E-state index in [-0.39, 0.29) is 0 Å². The highest BCUT2D eigenvalue weighted by atomic mass is 32.2. The average molecular weight is 309 g/mol. The maximum absolute atomic E-state index is 9.32. The highest BCUT2D eigenvalue weighted by molar-refractivity contribution is 7.99. The minimum absolute atomic E-state index is 0.793. The number of thioether (sulfide) groups is 2. The molecule has 0 aliphatic heterocycles. The molecule has 4 heteroatoms. The molecular weight excluding hydrogens is 284 g/mol. The average Bonchev–Trinajstić information content (AvgIpc) is 2.47. The van der Waals surface area contributed by atoms with Crippen LogP contribution in [-0.4, -0.2) is 24.3 Å². The van der Waals surface area contributed by atoms with E-state index in [0.717, 1.165) is 28.4 Å². The summed E-state index contributed by atoms with van der Waals surface area (Å²) in [4.78, 5) is 1.08. The summed E-state index contributed by atoms with van der Waals surface area (Å²) in [7, 11) is 0. The predicted octanol–water partition coefficient (Wildman–Crippen LogP) is 5.01. The van der Waals surface area contributed by atoms with Crippen LogP contribution in [0.15, 0.2) is 23.1 Å². The number of benzene rings is 1. The van der Waals surface area contributed by atoms with Crippen molar-refractivity contribution in [3.8, 4) is 6.07 Å². The Morgan fingerprint density at radius 3 is 2.70 bits per heavy atom. The van der Waals surface area contributed by atoms with Crippen LogP contribution in [0.1, 0.15) is 38.2 Å². The molecule has 0 amide bonds. The van der Waals surface area contributed by atoms with E-state index in [9.17, 15) is 5.26 Å². The van der Waals surface area contributed by atoms with Gasteiger partial charge in [0.05, 0.1) is 11.3 Å². The maximum atomic E-state index is 9.32. The summed E-state index contributed by atoms with van der Waals surface area (Å²) in [5.74, 6) is 2.26. The van der Waals surface area contributed by atoms with Gasteiger partial charge in [-0.2, -0.15) is 17.0 Å². The molecule has 110 valence electrons. The SMILES string of the molecule is CCSc1cccc(NCCCCCCSC)c1C#N. The molecule has 1 rings (SSSR count). The largest absolute Gasteiger partial charge is 0.384 e. The lowest BCUT2D eigenvalue weighted by molar-refractivity contribution is 0.689. The van der Waals surface area contributed by atoms with E-state index in [2.05, 4.69) is 24.6 Å². The van der Waals surface area contributed by atoms with E-state index >= 15 is 0 Å². The Morgan fingerprint density at radius 1 is 1.20 bits per heavy atom. The Morgan fingerprint density at radius 2 is 2.00 bits per heavy atom. The van der Waals surface area contributed by atoms with E-state index in [1.54, 1.807) is 11.8 Å². The fourth-order valence-electron chi connectivity index (χ4n) is 2.02. The zero-order valence-electron chi connectivity index (χ0n) is 12.4. The van der Waals surface area contributed by atoms with Crippen LogP contribution in [0, 0.1) is 11.3 Å². The van der Waals surface area contributed by atoms with Crippen molar-refractivity contribution in [2.45, 2.75) is 37.5 Å². The Kier molecular flexibility index (Phi) is 9.44. The minimum atomic E-state index is 0.793. The molecule has 20 heavy (non-hydrogen) atoms. The van der Waals surface area contributed by atoms with Crippen molar-refractivity contribution < 1.29 is 0 Å². The zero-order valence-corrected chi connectivity index (χ0v) is 14.1. The molecule has 1 N–H and O–H groups in total. The molecule has 1 aromatic carbocycles. The fraction of sp³-hybridized carbons (Fsp3) is 0.562. The standard InChI is InChI=1S/C16H24N2S2/c1-3-20-16-10-8-9-15(14(16)13-17)18-11-6-4-5-7-12-19-2/h8-10,18H,3-7,11-12H2,1-2H3. The number of nitriles is 1. The second-order valence-electron chi connectivity index (χ2n) is 4.56. The van der Waals surface area contributed by atoms with Crippen molar-refractivity contribution in [3.63, 3.8) is 0 Å². The summed E-state index contributed by atoms with van der Waals surface area (Å²) in [6, 6.07) is 8.39. The van der Waals surface area contributed by atoms with Gasteiger partial charge in [0.1, 0.15) is 6.07 Å². The predicted molar refractivity (Wildman–Crippen MR) is 92.9 cm³/mol. The summed E-state index contributed by atoms with van der Waals surface area (Å²) >= 11 is 3.65. The highest BCUT2D eigenvalue weighted by Gasteiger charge is 2.07. The first-order valence-corrected chi connectivity index (χ1v) is 9.60. The molecule has 0 saturated heterocycles. The van der Waals surface area contributed by atoms with E-state index in [0.29, 0.717) is 0 Å². The normalized spacial score (nSPS) is 10.2. The molecule has 2 nitrogen and oxygen atoms in total. The van der Waals surface area contributed by atoms with Crippen molar-refractivity contribution >= 4 is 29.2 Å². The molecule has 0 unspecified atom stereocenters. The van der Waals surface area contributed by atoms with Gasteiger partial charge in [-0.25, -0.2) is 0 Å². The van der Waals surface area contributed by atoms with E-state index < -0.39 is 0 Å². The molecule has 0 spiro atoms. The number of anilines is 1.